The largest absolute Gasteiger partial charge is 0.377 e. The van der Waals surface area contributed by atoms with Gasteiger partial charge in [0.1, 0.15) is 0 Å². The van der Waals surface area contributed by atoms with Gasteiger partial charge in [0.2, 0.25) is 0 Å². The van der Waals surface area contributed by atoms with Crippen LogP contribution in [0.1, 0.15) is 33.6 Å². The van der Waals surface area contributed by atoms with Crippen molar-refractivity contribution < 1.29 is 4.74 Å². The Balaban J connectivity index is 0.00000400. The molecule has 0 aromatic rings. The van der Waals surface area contributed by atoms with Crippen molar-refractivity contribution in [2.75, 3.05) is 39.1 Å². The van der Waals surface area contributed by atoms with Crippen molar-refractivity contribution in [1.29, 1.82) is 0 Å². The summed E-state index contributed by atoms with van der Waals surface area (Å²) >= 11 is 1.85. The van der Waals surface area contributed by atoms with Gasteiger partial charge in [0.05, 0.1) is 19.8 Å². The Morgan fingerprint density at radius 2 is 2.19 bits per heavy atom. The first-order valence-corrected chi connectivity index (χ1v) is 8.63. The van der Waals surface area contributed by atoms with Crippen molar-refractivity contribution in [3.63, 3.8) is 0 Å². The van der Waals surface area contributed by atoms with Gasteiger partial charge in [-0.15, -0.1) is 24.0 Å². The van der Waals surface area contributed by atoms with Gasteiger partial charge in [-0.25, -0.2) is 0 Å². The van der Waals surface area contributed by atoms with E-state index in [9.17, 15) is 0 Å². The number of guanidine groups is 1. The smallest absolute Gasteiger partial charge is 0.191 e. The third-order valence-corrected chi connectivity index (χ3v) is 4.54. The summed E-state index contributed by atoms with van der Waals surface area (Å²) in [6.07, 6.45) is 6.47. The van der Waals surface area contributed by atoms with Crippen LogP contribution >= 0.6 is 35.7 Å². The monoisotopic (exact) mass is 427 g/mol. The van der Waals surface area contributed by atoms with E-state index in [1.54, 1.807) is 0 Å². The van der Waals surface area contributed by atoms with Crippen molar-refractivity contribution in [1.82, 2.24) is 10.6 Å². The van der Waals surface area contributed by atoms with Crippen molar-refractivity contribution in [2.45, 2.75) is 38.4 Å². The van der Waals surface area contributed by atoms with E-state index in [1.807, 2.05) is 11.8 Å². The maximum atomic E-state index is 5.32. The summed E-state index contributed by atoms with van der Waals surface area (Å²) in [5.41, 5.74) is 1.49. The van der Waals surface area contributed by atoms with Gasteiger partial charge in [0.15, 0.2) is 5.96 Å². The Morgan fingerprint density at radius 1 is 1.43 bits per heavy atom. The summed E-state index contributed by atoms with van der Waals surface area (Å²) in [6, 6.07) is 0. The molecule has 0 saturated heterocycles. The predicted molar refractivity (Wildman–Crippen MR) is 105 cm³/mol. The van der Waals surface area contributed by atoms with Crippen LogP contribution in [-0.4, -0.2) is 49.8 Å². The van der Waals surface area contributed by atoms with Crippen LogP contribution in [0.4, 0.5) is 0 Å². The lowest BCUT2D eigenvalue weighted by Crippen LogP contribution is -2.39. The highest BCUT2D eigenvalue weighted by atomic mass is 127. The van der Waals surface area contributed by atoms with Crippen LogP contribution in [0.3, 0.4) is 0 Å². The topological polar surface area (TPSA) is 45.7 Å². The van der Waals surface area contributed by atoms with Crippen LogP contribution in [-0.2, 0) is 4.74 Å². The zero-order chi connectivity index (χ0) is 14.8. The van der Waals surface area contributed by atoms with Gasteiger partial charge >= 0.3 is 0 Å². The lowest BCUT2D eigenvalue weighted by molar-refractivity contribution is 0.153. The molecule has 1 aliphatic heterocycles. The molecule has 0 aromatic carbocycles. The van der Waals surface area contributed by atoms with E-state index in [1.165, 1.54) is 5.57 Å². The van der Waals surface area contributed by atoms with E-state index >= 15 is 0 Å². The standard InChI is InChI=1S/C15H29N3OS.HI/c1-5-16-14(18-12-15(2,3)20-4)17-9-6-13-7-10-19-11-8-13;/h7H,5-6,8-12H2,1-4H3,(H2,16,17,18);1H. The Kier molecular flexibility index (Phi) is 11.6. The normalized spacial score (nSPS) is 16.0. The van der Waals surface area contributed by atoms with Crippen molar-refractivity contribution in [2.24, 2.45) is 4.99 Å². The molecule has 1 rings (SSSR count). The summed E-state index contributed by atoms with van der Waals surface area (Å²) in [4.78, 5) is 4.67. The quantitative estimate of drug-likeness (QED) is 0.284. The minimum absolute atomic E-state index is 0. The Hall–Kier alpha value is 0.0500. The van der Waals surface area contributed by atoms with E-state index in [0.29, 0.717) is 0 Å². The van der Waals surface area contributed by atoms with Gasteiger partial charge in [-0.1, -0.05) is 11.6 Å². The summed E-state index contributed by atoms with van der Waals surface area (Å²) in [5.74, 6) is 0.919. The number of thioether (sulfide) groups is 1. The summed E-state index contributed by atoms with van der Waals surface area (Å²) in [5, 5.41) is 6.72. The Bertz CT molecular complexity index is 346. The second-order valence-corrected chi connectivity index (χ2v) is 7.04. The zero-order valence-corrected chi connectivity index (χ0v) is 16.8. The summed E-state index contributed by atoms with van der Waals surface area (Å²) in [7, 11) is 0. The van der Waals surface area contributed by atoms with E-state index in [0.717, 1.165) is 51.6 Å². The molecule has 0 atom stereocenters. The zero-order valence-electron chi connectivity index (χ0n) is 13.7. The summed E-state index contributed by atoms with van der Waals surface area (Å²) < 4.78 is 5.50. The van der Waals surface area contributed by atoms with E-state index < -0.39 is 0 Å². The molecule has 0 saturated carbocycles. The molecule has 2 N–H and O–H groups in total. The third kappa shape index (κ3) is 9.63. The number of ether oxygens (including phenoxy) is 1. The molecule has 0 unspecified atom stereocenters. The van der Waals surface area contributed by atoms with Gasteiger partial charge in [0, 0.05) is 17.8 Å². The van der Waals surface area contributed by atoms with E-state index in [4.69, 9.17) is 4.74 Å². The van der Waals surface area contributed by atoms with Crippen LogP contribution in [0.2, 0.25) is 0 Å². The number of rotatable bonds is 7. The highest BCUT2D eigenvalue weighted by Gasteiger charge is 2.15. The fourth-order valence-electron chi connectivity index (χ4n) is 1.81. The number of nitrogens with zero attached hydrogens (tertiary/aromatic N) is 1. The second-order valence-electron chi connectivity index (χ2n) is 5.52. The highest BCUT2D eigenvalue weighted by Crippen LogP contribution is 2.20. The summed E-state index contributed by atoms with van der Waals surface area (Å²) in [6.45, 7) is 10.8. The molecule has 21 heavy (non-hydrogen) atoms. The Morgan fingerprint density at radius 3 is 2.76 bits per heavy atom. The third-order valence-electron chi connectivity index (χ3n) is 3.31. The van der Waals surface area contributed by atoms with Crippen molar-refractivity contribution in [3.05, 3.63) is 11.6 Å². The molecule has 4 nitrogen and oxygen atoms in total. The minimum Gasteiger partial charge on any atom is -0.377 e. The maximum absolute atomic E-state index is 5.32. The van der Waals surface area contributed by atoms with Gasteiger partial charge in [0.25, 0.3) is 0 Å². The molecular formula is C15H30IN3OS. The number of aliphatic imine (C=N–C) groups is 1. The van der Waals surface area contributed by atoms with E-state index in [2.05, 4.69) is 48.7 Å². The molecule has 1 heterocycles. The average Bonchev–Trinajstić information content (AvgIpc) is 2.46. The van der Waals surface area contributed by atoms with Gasteiger partial charge < -0.3 is 15.4 Å². The molecule has 0 radical (unpaired) electrons. The first-order valence-electron chi connectivity index (χ1n) is 7.40. The van der Waals surface area contributed by atoms with Gasteiger partial charge in [-0.3, -0.25) is 4.99 Å². The average molecular weight is 427 g/mol. The molecule has 0 spiro atoms. The van der Waals surface area contributed by atoms with Crippen molar-refractivity contribution in [3.8, 4) is 0 Å². The first-order chi connectivity index (χ1) is 9.57. The fraction of sp³-hybridized carbons (Fsp3) is 0.800. The molecule has 0 aliphatic carbocycles. The number of nitrogens with one attached hydrogen (secondary N) is 2. The van der Waals surface area contributed by atoms with Crippen LogP contribution < -0.4 is 10.6 Å². The van der Waals surface area contributed by atoms with Gasteiger partial charge in [-0.05, 0) is 39.9 Å². The number of hydrogen-bond acceptors (Lipinski definition) is 3. The molecule has 0 bridgehead atoms. The second kappa shape index (κ2) is 11.6. The number of hydrogen-bond donors (Lipinski definition) is 2. The molecule has 124 valence electrons. The molecule has 0 amide bonds. The van der Waals surface area contributed by atoms with Crippen molar-refractivity contribution >= 4 is 41.7 Å². The minimum atomic E-state index is 0. The van der Waals surface area contributed by atoms with Gasteiger partial charge in [-0.2, -0.15) is 11.8 Å². The Labute approximate surface area is 151 Å². The van der Waals surface area contributed by atoms with Crippen LogP contribution in [0.25, 0.3) is 0 Å². The number of halogens is 1. The van der Waals surface area contributed by atoms with Crippen LogP contribution in [0.15, 0.2) is 16.6 Å². The molecule has 0 aromatic heterocycles. The fourth-order valence-corrected chi connectivity index (χ4v) is 2.00. The van der Waals surface area contributed by atoms with Crippen LogP contribution in [0, 0.1) is 0 Å². The first kappa shape index (κ1) is 21.0. The lowest BCUT2D eigenvalue weighted by atomic mass is 10.1. The highest BCUT2D eigenvalue weighted by molar-refractivity contribution is 14.0. The molecule has 6 heteroatoms. The predicted octanol–water partition coefficient (Wildman–Crippen LogP) is 3.04. The maximum Gasteiger partial charge on any atom is 0.191 e. The van der Waals surface area contributed by atoms with E-state index in [-0.39, 0.29) is 28.7 Å². The molecule has 0 fully saturated rings. The SMILES string of the molecule is CCNC(=NCC(C)(C)SC)NCCC1=CCOCC1.I. The molecular weight excluding hydrogens is 397 g/mol. The molecule has 1 aliphatic rings. The lowest BCUT2D eigenvalue weighted by Gasteiger charge is -2.20. The van der Waals surface area contributed by atoms with Crippen LogP contribution in [0.5, 0.6) is 0 Å².